The molecule has 2 N–H and O–H groups in total. The molecule has 28 heavy (non-hydrogen) atoms. The molecule has 146 valence electrons. The van der Waals surface area contributed by atoms with E-state index in [4.69, 9.17) is 4.74 Å². The SMILES string of the molecule is CCc1c(C)nc(-n2nc(C)cc2NC(=O)[C@@H](C)Oc2ccccc2)[nH]c1=O. The first-order valence-electron chi connectivity index (χ1n) is 9.08. The van der Waals surface area contributed by atoms with Crippen molar-refractivity contribution in [3.63, 3.8) is 0 Å². The first kappa shape index (κ1) is 19.3. The number of rotatable bonds is 6. The number of carbonyl (C=O) groups is 1. The Bertz CT molecular complexity index is 1040. The van der Waals surface area contributed by atoms with Crippen molar-refractivity contribution in [1.82, 2.24) is 19.7 Å². The van der Waals surface area contributed by atoms with Gasteiger partial charge in [-0.3, -0.25) is 14.6 Å². The Labute approximate surface area is 162 Å². The predicted octanol–water partition coefficient (Wildman–Crippen LogP) is 2.54. The zero-order valence-electron chi connectivity index (χ0n) is 16.3. The highest BCUT2D eigenvalue weighted by atomic mass is 16.5. The van der Waals surface area contributed by atoms with E-state index in [1.807, 2.05) is 25.1 Å². The lowest BCUT2D eigenvalue weighted by molar-refractivity contribution is -0.122. The Morgan fingerprint density at radius 3 is 2.64 bits per heavy atom. The number of aromatic nitrogens is 4. The highest BCUT2D eigenvalue weighted by molar-refractivity contribution is 5.93. The number of carbonyl (C=O) groups excluding carboxylic acids is 1. The highest BCUT2D eigenvalue weighted by Crippen LogP contribution is 2.16. The molecule has 0 aliphatic carbocycles. The Kier molecular flexibility index (Phi) is 5.58. The summed E-state index contributed by atoms with van der Waals surface area (Å²) in [6.07, 6.45) is -0.132. The van der Waals surface area contributed by atoms with E-state index in [1.54, 1.807) is 39.0 Å². The topological polar surface area (TPSA) is 102 Å². The molecule has 0 spiro atoms. The van der Waals surface area contributed by atoms with Crippen molar-refractivity contribution >= 4 is 11.7 Å². The van der Waals surface area contributed by atoms with Crippen LogP contribution in [-0.4, -0.2) is 31.8 Å². The summed E-state index contributed by atoms with van der Waals surface area (Å²) in [5, 5.41) is 7.14. The third kappa shape index (κ3) is 4.11. The molecule has 0 saturated carbocycles. The minimum Gasteiger partial charge on any atom is -0.481 e. The number of nitrogens with one attached hydrogen (secondary N) is 2. The molecule has 2 aromatic heterocycles. The first-order valence-corrected chi connectivity index (χ1v) is 9.08. The number of benzene rings is 1. The molecular formula is C20H23N5O3. The summed E-state index contributed by atoms with van der Waals surface area (Å²) in [5.41, 5.74) is 1.72. The average molecular weight is 381 g/mol. The van der Waals surface area contributed by atoms with Gasteiger partial charge in [-0.2, -0.15) is 9.78 Å². The normalized spacial score (nSPS) is 11.9. The van der Waals surface area contributed by atoms with E-state index < -0.39 is 6.10 Å². The minimum atomic E-state index is -0.720. The van der Waals surface area contributed by atoms with E-state index in [1.165, 1.54) is 4.68 Å². The van der Waals surface area contributed by atoms with Gasteiger partial charge < -0.3 is 10.1 Å². The van der Waals surface area contributed by atoms with Gasteiger partial charge in [0.05, 0.1) is 5.69 Å². The Balaban J connectivity index is 1.84. The van der Waals surface area contributed by atoms with Crippen LogP contribution in [0.1, 0.15) is 30.8 Å². The van der Waals surface area contributed by atoms with Gasteiger partial charge in [-0.05, 0) is 39.3 Å². The number of hydrogen-bond donors (Lipinski definition) is 2. The van der Waals surface area contributed by atoms with Crippen LogP contribution in [0.4, 0.5) is 5.82 Å². The number of H-pyrrole nitrogens is 1. The summed E-state index contributed by atoms with van der Waals surface area (Å²) < 4.78 is 7.07. The zero-order chi connectivity index (χ0) is 20.3. The van der Waals surface area contributed by atoms with Gasteiger partial charge in [-0.1, -0.05) is 25.1 Å². The van der Waals surface area contributed by atoms with Crippen LogP contribution >= 0.6 is 0 Å². The van der Waals surface area contributed by atoms with Crippen molar-refractivity contribution in [2.24, 2.45) is 0 Å². The maximum absolute atomic E-state index is 12.6. The minimum absolute atomic E-state index is 0.212. The number of para-hydroxylation sites is 1. The van der Waals surface area contributed by atoms with Crippen LogP contribution in [-0.2, 0) is 11.2 Å². The fourth-order valence-corrected chi connectivity index (χ4v) is 2.85. The number of aromatic amines is 1. The molecule has 3 aromatic rings. The molecule has 1 aromatic carbocycles. The van der Waals surface area contributed by atoms with E-state index in [0.29, 0.717) is 34.9 Å². The second-order valence-corrected chi connectivity index (χ2v) is 6.45. The van der Waals surface area contributed by atoms with Crippen LogP contribution < -0.4 is 15.6 Å². The molecule has 0 bridgehead atoms. The Morgan fingerprint density at radius 2 is 2.00 bits per heavy atom. The van der Waals surface area contributed by atoms with Gasteiger partial charge in [0.25, 0.3) is 11.5 Å². The number of hydrogen-bond acceptors (Lipinski definition) is 5. The second-order valence-electron chi connectivity index (χ2n) is 6.45. The van der Waals surface area contributed by atoms with Crippen molar-refractivity contribution in [2.75, 3.05) is 5.32 Å². The van der Waals surface area contributed by atoms with Crippen molar-refractivity contribution in [3.8, 4) is 11.7 Å². The average Bonchev–Trinajstić information content (AvgIpc) is 3.02. The van der Waals surface area contributed by atoms with Gasteiger partial charge in [-0.25, -0.2) is 4.98 Å². The fourth-order valence-electron chi connectivity index (χ4n) is 2.85. The van der Waals surface area contributed by atoms with E-state index >= 15 is 0 Å². The maximum atomic E-state index is 12.6. The van der Waals surface area contributed by atoms with Crippen LogP contribution in [0.15, 0.2) is 41.2 Å². The molecule has 8 heteroatoms. The van der Waals surface area contributed by atoms with Gasteiger partial charge in [-0.15, -0.1) is 0 Å². The lowest BCUT2D eigenvalue weighted by Gasteiger charge is -2.15. The summed E-state index contributed by atoms with van der Waals surface area (Å²) in [7, 11) is 0. The Morgan fingerprint density at radius 1 is 1.29 bits per heavy atom. The van der Waals surface area contributed by atoms with Crippen LogP contribution in [0.25, 0.3) is 5.95 Å². The summed E-state index contributed by atoms with van der Waals surface area (Å²) in [6, 6.07) is 10.8. The number of nitrogens with zero attached hydrogens (tertiary/aromatic N) is 3. The summed E-state index contributed by atoms with van der Waals surface area (Å²) >= 11 is 0. The summed E-state index contributed by atoms with van der Waals surface area (Å²) in [6.45, 7) is 7.14. The smallest absolute Gasteiger partial charge is 0.266 e. The third-order valence-electron chi connectivity index (χ3n) is 4.27. The largest absolute Gasteiger partial charge is 0.481 e. The van der Waals surface area contributed by atoms with Gasteiger partial charge in [0.2, 0.25) is 5.95 Å². The van der Waals surface area contributed by atoms with Crippen molar-refractivity contribution in [2.45, 2.75) is 40.2 Å². The molecule has 0 fully saturated rings. The number of anilines is 1. The van der Waals surface area contributed by atoms with Crippen molar-refractivity contribution in [1.29, 1.82) is 0 Å². The molecule has 0 aliphatic rings. The first-order chi connectivity index (χ1) is 13.4. The molecule has 1 amide bonds. The highest BCUT2D eigenvalue weighted by Gasteiger charge is 2.19. The third-order valence-corrected chi connectivity index (χ3v) is 4.27. The van der Waals surface area contributed by atoms with Crippen LogP contribution in [0.3, 0.4) is 0 Å². The molecular weight excluding hydrogens is 358 g/mol. The van der Waals surface area contributed by atoms with Crippen molar-refractivity contribution in [3.05, 3.63) is 63.7 Å². The molecule has 1 atom stereocenters. The molecule has 0 radical (unpaired) electrons. The monoisotopic (exact) mass is 381 g/mol. The van der Waals surface area contributed by atoms with Gasteiger partial charge in [0.15, 0.2) is 6.10 Å². The lowest BCUT2D eigenvalue weighted by atomic mass is 10.2. The number of aryl methyl sites for hydroxylation is 2. The van der Waals surface area contributed by atoms with E-state index in [0.717, 1.165) is 0 Å². The number of ether oxygens (including phenoxy) is 1. The van der Waals surface area contributed by atoms with Crippen molar-refractivity contribution < 1.29 is 9.53 Å². The van der Waals surface area contributed by atoms with E-state index in [2.05, 4.69) is 20.4 Å². The predicted molar refractivity (Wildman–Crippen MR) is 106 cm³/mol. The Hall–Kier alpha value is -3.42. The van der Waals surface area contributed by atoms with Crippen LogP contribution in [0.5, 0.6) is 5.75 Å². The zero-order valence-corrected chi connectivity index (χ0v) is 16.3. The van der Waals surface area contributed by atoms with Crippen LogP contribution in [0, 0.1) is 13.8 Å². The molecule has 0 unspecified atom stereocenters. The lowest BCUT2D eigenvalue weighted by Crippen LogP contribution is -2.31. The standard InChI is InChI=1S/C20H23N5O3/c1-5-16-13(3)21-20(23-19(16)27)25-17(11-12(2)24-25)22-18(26)14(4)28-15-9-7-6-8-10-15/h6-11,14H,5H2,1-4H3,(H,22,26)(H,21,23,27)/t14-/m1/s1. The van der Waals surface area contributed by atoms with E-state index in [-0.39, 0.29) is 17.4 Å². The van der Waals surface area contributed by atoms with Gasteiger partial charge >= 0.3 is 0 Å². The van der Waals surface area contributed by atoms with Gasteiger partial charge in [0.1, 0.15) is 11.6 Å². The van der Waals surface area contributed by atoms with Crippen LogP contribution in [0.2, 0.25) is 0 Å². The maximum Gasteiger partial charge on any atom is 0.266 e. The van der Waals surface area contributed by atoms with Gasteiger partial charge in [0, 0.05) is 17.3 Å². The fraction of sp³-hybridized carbons (Fsp3) is 0.300. The van der Waals surface area contributed by atoms with E-state index in [9.17, 15) is 9.59 Å². The molecule has 0 saturated heterocycles. The molecule has 2 heterocycles. The molecule has 3 rings (SSSR count). The number of amides is 1. The quantitative estimate of drug-likeness (QED) is 0.683. The molecule has 0 aliphatic heterocycles. The summed E-state index contributed by atoms with van der Waals surface area (Å²) in [5.74, 6) is 0.915. The molecule has 8 nitrogen and oxygen atoms in total. The summed E-state index contributed by atoms with van der Waals surface area (Å²) in [4.78, 5) is 32.0. The second kappa shape index (κ2) is 8.08.